The van der Waals surface area contributed by atoms with Gasteiger partial charge in [0.05, 0.1) is 11.3 Å². The summed E-state index contributed by atoms with van der Waals surface area (Å²) < 4.78 is 0. The van der Waals surface area contributed by atoms with E-state index < -0.39 is 23.8 Å². The van der Waals surface area contributed by atoms with E-state index in [-0.39, 0.29) is 12.1 Å². The van der Waals surface area contributed by atoms with Crippen LogP contribution < -0.4 is 21.6 Å². The molecule has 1 aromatic heterocycles. The zero-order chi connectivity index (χ0) is 18.5. The standard InChI is InChI=1S/C17H16N6O3/c18-15(24)14-9-13(22-23(14)12-6-2-1-3-7-12)17(26)21-20-16(25)11-5-4-8-19-10-11/h1-8,10,14H,9H2,(H2,18,24)(H,20,25)(H,21,26)/t14-/m1/s1. The van der Waals surface area contributed by atoms with Gasteiger partial charge in [-0.05, 0) is 24.3 Å². The SMILES string of the molecule is NC(=O)[C@H]1CC(C(=O)NNC(=O)c2cccnc2)=NN1c1ccccc1. The monoisotopic (exact) mass is 352 g/mol. The summed E-state index contributed by atoms with van der Waals surface area (Å²) in [4.78, 5) is 39.7. The van der Waals surface area contributed by atoms with Gasteiger partial charge in [0.1, 0.15) is 11.8 Å². The number of amides is 3. The number of nitrogens with two attached hydrogens (primary N) is 1. The van der Waals surface area contributed by atoms with Crippen LogP contribution in [-0.2, 0) is 9.59 Å². The summed E-state index contributed by atoms with van der Waals surface area (Å²) in [5.74, 6) is -1.73. The highest BCUT2D eigenvalue weighted by molar-refractivity contribution is 6.40. The average molecular weight is 352 g/mol. The van der Waals surface area contributed by atoms with Crippen LogP contribution in [0.5, 0.6) is 0 Å². The molecule has 3 rings (SSSR count). The maximum absolute atomic E-state index is 12.3. The van der Waals surface area contributed by atoms with Crippen molar-refractivity contribution >= 4 is 29.1 Å². The Morgan fingerprint density at radius 3 is 2.42 bits per heavy atom. The zero-order valence-corrected chi connectivity index (χ0v) is 13.6. The number of benzene rings is 1. The van der Waals surface area contributed by atoms with Gasteiger partial charge in [0, 0.05) is 18.8 Å². The van der Waals surface area contributed by atoms with Gasteiger partial charge >= 0.3 is 0 Å². The molecule has 2 heterocycles. The highest BCUT2D eigenvalue weighted by Gasteiger charge is 2.35. The largest absolute Gasteiger partial charge is 0.368 e. The number of nitrogens with one attached hydrogen (secondary N) is 2. The summed E-state index contributed by atoms with van der Waals surface area (Å²) in [6.07, 6.45) is 2.94. The van der Waals surface area contributed by atoms with Gasteiger partial charge in [-0.3, -0.25) is 35.2 Å². The molecule has 26 heavy (non-hydrogen) atoms. The Kier molecular flexibility index (Phi) is 4.88. The predicted molar refractivity (Wildman–Crippen MR) is 93.8 cm³/mol. The van der Waals surface area contributed by atoms with Crippen LogP contribution in [0.4, 0.5) is 5.69 Å². The van der Waals surface area contributed by atoms with Crippen molar-refractivity contribution in [3.8, 4) is 0 Å². The summed E-state index contributed by atoms with van der Waals surface area (Å²) in [5.41, 5.74) is 11.0. The number of hydrazone groups is 1. The Morgan fingerprint density at radius 2 is 1.77 bits per heavy atom. The number of rotatable bonds is 4. The lowest BCUT2D eigenvalue weighted by Gasteiger charge is -2.20. The van der Waals surface area contributed by atoms with E-state index >= 15 is 0 Å². The molecule has 0 fully saturated rings. The van der Waals surface area contributed by atoms with E-state index in [0.717, 1.165) is 0 Å². The third-order valence-corrected chi connectivity index (χ3v) is 3.73. The van der Waals surface area contributed by atoms with Gasteiger partial charge in [-0.2, -0.15) is 5.10 Å². The molecule has 132 valence electrons. The van der Waals surface area contributed by atoms with Crippen LogP contribution in [0.1, 0.15) is 16.8 Å². The molecule has 0 bridgehead atoms. The van der Waals surface area contributed by atoms with Crippen LogP contribution in [-0.4, -0.2) is 34.5 Å². The van der Waals surface area contributed by atoms with E-state index in [2.05, 4.69) is 20.9 Å². The molecule has 0 spiro atoms. The topological polar surface area (TPSA) is 130 Å². The molecule has 0 unspecified atom stereocenters. The molecule has 2 aromatic rings. The molecule has 0 saturated carbocycles. The third-order valence-electron chi connectivity index (χ3n) is 3.73. The van der Waals surface area contributed by atoms with E-state index in [1.807, 2.05) is 6.07 Å². The quantitative estimate of drug-likeness (QED) is 0.665. The summed E-state index contributed by atoms with van der Waals surface area (Å²) in [6, 6.07) is 11.3. The number of nitrogens with zero attached hydrogens (tertiary/aromatic N) is 3. The van der Waals surface area contributed by atoms with Gasteiger partial charge in [-0.15, -0.1) is 0 Å². The fraction of sp³-hybridized carbons (Fsp3) is 0.118. The first-order valence-corrected chi connectivity index (χ1v) is 7.78. The van der Waals surface area contributed by atoms with Crippen molar-refractivity contribution in [1.29, 1.82) is 0 Å². The van der Waals surface area contributed by atoms with Gasteiger partial charge < -0.3 is 5.73 Å². The second-order valence-corrected chi connectivity index (χ2v) is 5.50. The number of anilines is 1. The summed E-state index contributed by atoms with van der Waals surface area (Å²) in [7, 11) is 0. The predicted octanol–water partition coefficient (Wildman–Crippen LogP) is -0.0372. The number of hydrazine groups is 1. The Morgan fingerprint density at radius 1 is 1.04 bits per heavy atom. The highest BCUT2D eigenvalue weighted by Crippen LogP contribution is 2.24. The Labute approximate surface area is 148 Å². The Hall–Kier alpha value is -3.75. The normalized spacial score (nSPS) is 15.9. The van der Waals surface area contributed by atoms with Crippen LogP contribution in [0.3, 0.4) is 0 Å². The molecule has 4 N–H and O–H groups in total. The fourth-order valence-electron chi connectivity index (χ4n) is 2.44. The Balaban J connectivity index is 1.69. The van der Waals surface area contributed by atoms with Crippen LogP contribution in [0.2, 0.25) is 0 Å². The van der Waals surface area contributed by atoms with Crippen molar-refractivity contribution in [3.63, 3.8) is 0 Å². The molecule has 9 heteroatoms. The third kappa shape index (κ3) is 3.66. The van der Waals surface area contributed by atoms with Gasteiger partial charge in [-0.1, -0.05) is 18.2 Å². The van der Waals surface area contributed by atoms with Gasteiger partial charge in [0.25, 0.3) is 11.8 Å². The molecule has 1 atom stereocenters. The van der Waals surface area contributed by atoms with Crippen LogP contribution >= 0.6 is 0 Å². The van der Waals surface area contributed by atoms with Gasteiger partial charge in [-0.25, -0.2) is 0 Å². The van der Waals surface area contributed by atoms with Crippen LogP contribution in [0, 0.1) is 0 Å². The molecule has 9 nitrogen and oxygen atoms in total. The number of carbonyl (C=O) groups is 3. The van der Waals surface area contributed by atoms with Crippen molar-refractivity contribution in [1.82, 2.24) is 15.8 Å². The van der Waals surface area contributed by atoms with Gasteiger partial charge in [0.15, 0.2) is 0 Å². The average Bonchev–Trinajstić information content (AvgIpc) is 3.13. The number of aromatic nitrogens is 1. The zero-order valence-electron chi connectivity index (χ0n) is 13.6. The van der Waals surface area contributed by atoms with E-state index in [0.29, 0.717) is 11.3 Å². The van der Waals surface area contributed by atoms with Gasteiger partial charge in [0.2, 0.25) is 5.91 Å². The van der Waals surface area contributed by atoms with Crippen molar-refractivity contribution in [2.75, 3.05) is 5.01 Å². The minimum absolute atomic E-state index is 0.0405. The maximum Gasteiger partial charge on any atom is 0.285 e. The lowest BCUT2D eigenvalue weighted by molar-refractivity contribution is -0.119. The smallest absolute Gasteiger partial charge is 0.285 e. The number of pyridine rings is 1. The number of carbonyl (C=O) groups excluding carboxylic acids is 3. The van der Waals surface area contributed by atoms with Crippen LogP contribution in [0.15, 0.2) is 60.0 Å². The molecule has 1 aromatic carbocycles. The maximum atomic E-state index is 12.3. The molecule has 3 amide bonds. The first kappa shape index (κ1) is 17.1. The molecule has 0 aliphatic carbocycles. The molecule has 0 radical (unpaired) electrons. The Bertz CT molecular complexity index is 853. The minimum Gasteiger partial charge on any atom is -0.368 e. The second kappa shape index (κ2) is 7.43. The number of hydrogen-bond donors (Lipinski definition) is 3. The summed E-state index contributed by atoms with van der Waals surface area (Å²) >= 11 is 0. The van der Waals surface area contributed by atoms with Crippen LogP contribution in [0.25, 0.3) is 0 Å². The van der Waals surface area contributed by atoms with E-state index in [4.69, 9.17) is 5.73 Å². The number of para-hydroxylation sites is 1. The van der Waals surface area contributed by atoms with E-state index in [1.165, 1.54) is 17.4 Å². The first-order chi connectivity index (χ1) is 12.6. The lowest BCUT2D eigenvalue weighted by atomic mass is 10.1. The minimum atomic E-state index is -0.771. The summed E-state index contributed by atoms with van der Waals surface area (Å²) in [6.45, 7) is 0. The molecular weight excluding hydrogens is 336 g/mol. The molecule has 1 aliphatic heterocycles. The lowest BCUT2D eigenvalue weighted by Crippen LogP contribution is -2.45. The number of hydrogen-bond acceptors (Lipinski definition) is 6. The van der Waals surface area contributed by atoms with Crippen molar-refractivity contribution < 1.29 is 14.4 Å². The van der Waals surface area contributed by atoms with E-state index in [9.17, 15) is 14.4 Å². The second-order valence-electron chi connectivity index (χ2n) is 5.50. The highest BCUT2D eigenvalue weighted by atomic mass is 16.2. The first-order valence-electron chi connectivity index (χ1n) is 7.78. The fourth-order valence-corrected chi connectivity index (χ4v) is 2.44. The van der Waals surface area contributed by atoms with Crippen molar-refractivity contribution in [3.05, 3.63) is 60.4 Å². The van der Waals surface area contributed by atoms with Crippen molar-refractivity contribution in [2.24, 2.45) is 10.8 Å². The molecule has 0 saturated heterocycles. The molecular formula is C17H16N6O3. The number of primary amides is 1. The molecule has 1 aliphatic rings. The van der Waals surface area contributed by atoms with Crippen molar-refractivity contribution in [2.45, 2.75) is 12.5 Å². The van der Waals surface area contributed by atoms with E-state index in [1.54, 1.807) is 36.4 Å². The summed E-state index contributed by atoms with van der Waals surface area (Å²) in [5, 5.41) is 5.59.